The number of amides is 2. The van der Waals surface area contributed by atoms with Crippen molar-refractivity contribution in [3.63, 3.8) is 0 Å². The van der Waals surface area contributed by atoms with Crippen LogP contribution in [0.5, 0.6) is 11.5 Å². The van der Waals surface area contributed by atoms with Crippen LogP contribution in [0.4, 0.5) is 0 Å². The summed E-state index contributed by atoms with van der Waals surface area (Å²) in [6.45, 7) is 10.1. The van der Waals surface area contributed by atoms with Gasteiger partial charge in [0, 0.05) is 42.7 Å². The molecule has 3 aromatic heterocycles. The van der Waals surface area contributed by atoms with Gasteiger partial charge in [-0.15, -0.1) is 0 Å². The molecule has 2 aliphatic heterocycles. The van der Waals surface area contributed by atoms with Gasteiger partial charge < -0.3 is 24.1 Å². The van der Waals surface area contributed by atoms with Gasteiger partial charge in [-0.05, 0) is 38.0 Å². The number of nitrogens with one attached hydrogen (secondary N) is 1. The summed E-state index contributed by atoms with van der Waals surface area (Å²) in [6, 6.07) is 7.16. The number of carbonyl (C=O) groups excluding carboxylic acids is 2. The van der Waals surface area contributed by atoms with Crippen molar-refractivity contribution in [1.82, 2.24) is 19.8 Å². The maximum absolute atomic E-state index is 13.5. The van der Waals surface area contributed by atoms with E-state index >= 15 is 0 Å². The van der Waals surface area contributed by atoms with E-state index in [0.29, 0.717) is 47.1 Å². The molecule has 1 aromatic carbocycles. The summed E-state index contributed by atoms with van der Waals surface area (Å²) in [5.41, 5.74) is 3.03. The van der Waals surface area contributed by atoms with E-state index in [1.165, 1.54) is 0 Å². The molecule has 9 nitrogen and oxygen atoms in total. The van der Waals surface area contributed by atoms with Crippen molar-refractivity contribution in [3.8, 4) is 11.5 Å². The van der Waals surface area contributed by atoms with Gasteiger partial charge in [0.05, 0.1) is 36.1 Å². The molecule has 1 atom stereocenters. The Kier molecular flexibility index (Phi) is 5.14. The molecule has 0 saturated carbocycles. The molecule has 37 heavy (non-hydrogen) atoms. The van der Waals surface area contributed by atoms with Gasteiger partial charge in [-0.1, -0.05) is 13.8 Å². The average molecular weight is 503 g/mol. The molecule has 0 radical (unpaired) electrons. The first kappa shape index (κ1) is 23.5. The zero-order chi connectivity index (χ0) is 26.1. The highest BCUT2D eigenvalue weighted by molar-refractivity contribution is 6.07. The van der Waals surface area contributed by atoms with Crippen LogP contribution in [-0.2, 0) is 4.74 Å². The quantitative estimate of drug-likeness (QED) is 0.442. The molecule has 2 fully saturated rings. The number of aryl methyl sites for hydroxylation is 2. The van der Waals surface area contributed by atoms with Crippen LogP contribution >= 0.6 is 0 Å². The highest BCUT2D eigenvalue weighted by Crippen LogP contribution is 2.50. The SMILES string of the molecule is CNC(=O)c1c(C)oc2cc(Oc3ccnn4cc(C(=O)N5CC[C@@]6(C5)OCC6(C)C)c(C)c34)ccc12. The number of fused-ring (bicyclic) bond motifs is 2. The molecule has 6 rings (SSSR count). The smallest absolute Gasteiger partial charge is 0.255 e. The Hall–Kier alpha value is -3.85. The third kappa shape index (κ3) is 3.44. The topological polar surface area (TPSA) is 98.3 Å². The number of benzene rings is 1. The minimum Gasteiger partial charge on any atom is -0.460 e. The Balaban J connectivity index is 1.31. The number of aromatic nitrogens is 2. The Labute approximate surface area is 214 Å². The molecule has 5 heterocycles. The molecular weight excluding hydrogens is 472 g/mol. The van der Waals surface area contributed by atoms with E-state index in [-0.39, 0.29) is 22.8 Å². The van der Waals surface area contributed by atoms with E-state index in [9.17, 15) is 9.59 Å². The Morgan fingerprint density at radius 3 is 2.68 bits per heavy atom. The van der Waals surface area contributed by atoms with Gasteiger partial charge in [-0.3, -0.25) is 9.59 Å². The van der Waals surface area contributed by atoms with Gasteiger partial charge in [0.1, 0.15) is 22.6 Å². The summed E-state index contributed by atoms with van der Waals surface area (Å²) in [4.78, 5) is 27.7. The maximum atomic E-state index is 13.5. The molecule has 2 aliphatic rings. The first-order chi connectivity index (χ1) is 17.6. The van der Waals surface area contributed by atoms with Gasteiger partial charge in [0.25, 0.3) is 11.8 Å². The van der Waals surface area contributed by atoms with Crippen molar-refractivity contribution in [3.05, 3.63) is 59.1 Å². The van der Waals surface area contributed by atoms with Gasteiger partial charge in [-0.25, -0.2) is 4.52 Å². The molecule has 0 unspecified atom stereocenters. The lowest BCUT2D eigenvalue weighted by Crippen LogP contribution is -2.61. The van der Waals surface area contributed by atoms with Crippen molar-refractivity contribution in [1.29, 1.82) is 0 Å². The van der Waals surface area contributed by atoms with Gasteiger partial charge >= 0.3 is 0 Å². The second-order valence-corrected chi connectivity index (χ2v) is 10.7. The Morgan fingerprint density at radius 2 is 2.00 bits per heavy atom. The summed E-state index contributed by atoms with van der Waals surface area (Å²) in [6.07, 6.45) is 4.26. The molecule has 0 aliphatic carbocycles. The number of furan rings is 1. The molecule has 2 saturated heterocycles. The lowest BCUT2D eigenvalue weighted by atomic mass is 9.70. The monoisotopic (exact) mass is 502 g/mol. The fraction of sp³-hybridized carbons (Fsp3) is 0.393. The van der Waals surface area contributed by atoms with Gasteiger partial charge in [0.2, 0.25) is 0 Å². The van der Waals surface area contributed by atoms with Crippen LogP contribution in [0, 0.1) is 19.3 Å². The number of carbonyl (C=O) groups is 2. The normalized spacial score (nSPS) is 20.5. The van der Waals surface area contributed by atoms with Crippen LogP contribution in [-0.4, -0.2) is 58.7 Å². The third-order valence-corrected chi connectivity index (χ3v) is 8.10. The van der Waals surface area contributed by atoms with Crippen LogP contribution < -0.4 is 10.1 Å². The predicted octanol–water partition coefficient (Wildman–Crippen LogP) is 4.49. The minimum atomic E-state index is -0.247. The summed E-state index contributed by atoms with van der Waals surface area (Å²) >= 11 is 0. The molecule has 1 N–H and O–H groups in total. The first-order valence-corrected chi connectivity index (χ1v) is 12.5. The number of nitrogens with zero attached hydrogens (tertiary/aromatic N) is 3. The van der Waals surface area contributed by atoms with E-state index in [1.807, 2.05) is 17.9 Å². The Bertz CT molecular complexity index is 1580. The van der Waals surface area contributed by atoms with E-state index in [0.717, 1.165) is 29.5 Å². The van der Waals surface area contributed by atoms with Crippen molar-refractivity contribution >= 4 is 28.3 Å². The number of rotatable bonds is 4. The van der Waals surface area contributed by atoms with E-state index in [2.05, 4.69) is 24.3 Å². The number of likely N-dealkylation sites (tertiary alicyclic amines) is 1. The predicted molar refractivity (Wildman–Crippen MR) is 137 cm³/mol. The standard InChI is InChI=1S/C28H30N4O5/c1-16-20(26(34)31-11-9-28(14-31)27(3,4)15-35-28)13-32-24(16)21(8-10-30-32)37-18-6-7-19-22(12-18)36-17(2)23(19)25(33)29-5/h6-8,10,12-13H,9,11,14-15H2,1-5H3,(H,29,33)/t28-/m0/s1. The van der Waals surface area contributed by atoms with Crippen molar-refractivity contribution in [2.75, 3.05) is 26.7 Å². The summed E-state index contributed by atoms with van der Waals surface area (Å²) in [7, 11) is 1.59. The fourth-order valence-corrected chi connectivity index (χ4v) is 5.68. The Morgan fingerprint density at radius 1 is 1.19 bits per heavy atom. The van der Waals surface area contributed by atoms with Crippen molar-refractivity contribution in [2.24, 2.45) is 5.41 Å². The average Bonchev–Trinajstić information content (AvgIpc) is 3.57. The van der Waals surface area contributed by atoms with Crippen molar-refractivity contribution in [2.45, 2.75) is 39.7 Å². The number of ether oxygens (including phenoxy) is 2. The molecule has 9 heteroatoms. The van der Waals surface area contributed by atoms with Crippen LogP contribution in [0.2, 0.25) is 0 Å². The highest BCUT2D eigenvalue weighted by Gasteiger charge is 2.58. The maximum Gasteiger partial charge on any atom is 0.255 e. The van der Waals surface area contributed by atoms with Crippen molar-refractivity contribution < 1.29 is 23.5 Å². The molecule has 0 bridgehead atoms. The lowest BCUT2D eigenvalue weighted by molar-refractivity contribution is -0.242. The van der Waals surface area contributed by atoms with Gasteiger partial charge in [0.15, 0.2) is 5.75 Å². The lowest BCUT2D eigenvalue weighted by Gasteiger charge is -2.53. The van der Waals surface area contributed by atoms with Crippen LogP contribution in [0.1, 0.15) is 52.3 Å². The number of hydrogen-bond acceptors (Lipinski definition) is 6. The molecular formula is C28H30N4O5. The molecule has 192 valence electrons. The molecule has 1 spiro atoms. The second kappa shape index (κ2) is 8.08. The molecule has 4 aromatic rings. The summed E-state index contributed by atoms with van der Waals surface area (Å²) < 4.78 is 19.8. The summed E-state index contributed by atoms with van der Waals surface area (Å²) in [5.74, 6) is 1.45. The highest BCUT2D eigenvalue weighted by atomic mass is 16.5. The third-order valence-electron chi connectivity index (χ3n) is 8.10. The zero-order valence-electron chi connectivity index (χ0n) is 21.7. The fourth-order valence-electron chi connectivity index (χ4n) is 5.68. The first-order valence-electron chi connectivity index (χ1n) is 12.5. The van der Waals surface area contributed by atoms with E-state index in [4.69, 9.17) is 13.9 Å². The van der Waals surface area contributed by atoms with E-state index in [1.54, 1.807) is 49.1 Å². The number of hydrogen-bond donors (Lipinski definition) is 1. The second-order valence-electron chi connectivity index (χ2n) is 10.7. The molecule has 2 amide bonds. The van der Waals surface area contributed by atoms with Gasteiger partial charge in [-0.2, -0.15) is 5.10 Å². The van der Waals surface area contributed by atoms with Crippen LogP contribution in [0.15, 0.2) is 41.1 Å². The summed E-state index contributed by atoms with van der Waals surface area (Å²) in [5, 5.41) is 7.80. The zero-order valence-corrected chi connectivity index (χ0v) is 21.7. The minimum absolute atomic E-state index is 0.0219. The largest absolute Gasteiger partial charge is 0.460 e. The van der Waals surface area contributed by atoms with Crippen LogP contribution in [0.3, 0.4) is 0 Å². The van der Waals surface area contributed by atoms with E-state index < -0.39 is 0 Å². The van der Waals surface area contributed by atoms with Crippen LogP contribution in [0.25, 0.3) is 16.5 Å².